The lowest BCUT2D eigenvalue weighted by atomic mass is 10.2. The zero-order valence-electron chi connectivity index (χ0n) is 13.6. The van der Waals surface area contributed by atoms with Crippen LogP contribution in [0.4, 0.5) is 0 Å². The molecule has 1 N–H and O–H groups in total. The van der Waals surface area contributed by atoms with Crippen LogP contribution in [-0.4, -0.2) is 60.5 Å². The number of aliphatic hydroxyl groups excluding tert-OH is 1. The van der Waals surface area contributed by atoms with Crippen LogP contribution in [0.5, 0.6) is 0 Å². The fourth-order valence-corrected chi connectivity index (χ4v) is 1.26. The van der Waals surface area contributed by atoms with Crippen LogP contribution in [0.25, 0.3) is 0 Å². The second kappa shape index (κ2) is 10.5. The molecule has 0 amide bonds. The molecule has 9 nitrogen and oxygen atoms in total. The minimum Gasteiger partial charge on any atom is -0.460 e. The molecule has 0 fully saturated rings. The molecule has 0 aliphatic heterocycles. The highest BCUT2D eigenvalue weighted by Crippen LogP contribution is 2.00. The Bertz CT molecular complexity index is 428. The number of carbonyl (C=O) groups excluding carboxylic acids is 4. The summed E-state index contributed by atoms with van der Waals surface area (Å²) < 4.78 is 18.5. The summed E-state index contributed by atoms with van der Waals surface area (Å²) >= 11 is 0. The minimum atomic E-state index is -1.81. The van der Waals surface area contributed by atoms with Gasteiger partial charge in [-0.1, -0.05) is 0 Å². The molecule has 0 aromatic carbocycles. The molecule has 0 aromatic heterocycles. The van der Waals surface area contributed by atoms with Crippen LogP contribution in [0.15, 0.2) is 0 Å². The van der Waals surface area contributed by atoms with Gasteiger partial charge in [0.1, 0.15) is 0 Å². The summed E-state index contributed by atoms with van der Waals surface area (Å²) in [6.07, 6.45) is -3.25. The van der Waals surface area contributed by atoms with E-state index in [0.29, 0.717) is 0 Å². The zero-order valence-corrected chi connectivity index (χ0v) is 13.6. The number of hydrogen-bond acceptors (Lipinski definition) is 9. The summed E-state index contributed by atoms with van der Waals surface area (Å²) in [6, 6.07) is 0. The van der Waals surface area contributed by atoms with Crippen molar-refractivity contribution in [1.29, 1.82) is 0 Å². The maximum Gasteiger partial charge on any atom is 0.344 e. The van der Waals surface area contributed by atoms with Crippen molar-refractivity contribution >= 4 is 23.9 Å². The molecule has 0 aliphatic rings. The Labute approximate surface area is 133 Å². The Morgan fingerprint density at radius 3 is 1.65 bits per heavy atom. The average molecular weight is 334 g/mol. The summed E-state index contributed by atoms with van der Waals surface area (Å²) in [5.74, 6) is -3.69. The molecule has 23 heavy (non-hydrogen) atoms. The van der Waals surface area contributed by atoms with Gasteiger partial charge >= 0.3 is 23.9 Å². The molecule has 0 saturated heterocycles. The van der Waals surface area contributed by atoms with Crippen molar-refractivity contribution < 1.29 is 43.2 Å². The molecule has 1 atom stereocenters. The monoisotopic (exact) mass is 334 g/mol. The summed E-state index contributed by atoms with van der Waals surface area (Å²) in [6.45, 7) is 5.20. The largest absolute Gasteiger partial charge is 0.460 e. The Hall–Kier alpha value is -2.16. The van der Waals surface area contributed by atoms with E-state index >= 15 is 0 Å². The second-order valence-electron chi connectivity index (χ2n) is 5.07. The highest BCUT2D eigenvalue weighted by Gasteiger charge is 2.23. The van der Waals surface area contributed by atoms with Gasteiger partial charge < -0.3 is 24.1 Å². The highest BCUT2D eigenvalue weighted by atomic mass is 16.6. The Balaban J connectivity index is 4.04. The van der Waals surface area contributed by atoms with E-state index < -0.39 is 49.6 Å². The van der Waals surface area contributed by atoms with E-state index in [4.69, 9.17) is 9.47 Å². The van der Waals surface area contributed by atoms with Crippen LogP contribution in [0.1, 0.15) is 34.1 Å². The summed E-state index contributed by atoms with van der Waals surface area (Å²) in [7, 11) is 0. The quantitative estimate of drug-likeness (QED) is 0.448. The van der Waals surface area contributed by atoms with E-state index in [-0.39, 0.29) is 12.2 Å². The molecule has 132 valence electrons. The summed E-state index contributed by atoms with van der Waals surface area (Å²) in [4.78, 5) is 45.0. The lowest BCUT2D eigenvalue weighted by Gasteiger charge is -2.12. The fraction of sp³-hybridized carbons (Fsp3) is 0.714. The SMILES string of the molecule is CC(C)OC(=O)COC(=O)CC(O)C(=O)OCC(=O)OC(C)C. The van der Waals surface area contributed by atoms with Crippen LogP contribution < -0.4 is 0 Å². The minimum absolute atomic E-state index is 0.354. The average Bonchev–Trinajstić information content (AvgIpc) is 2.41. The third-order valence-corrected chi connectivity index (χ3v) is 2.05. The number of hydrogen-bond donors (Lipinski definition) is 1. The van der Waals surface area contributed by atoms with Crippen molar-refractivity contribution in [2.75, 3.05) is 13.2 Å². The number of rotatable bonds is 9. The molecule has 0 rings (SSSR count). The van der Waals surface area contributed by atoms with Crippen molar-refractivity contribution in [3.05, 3.63) is 0 Å². The predicted molar refractivity (Wildman–Crippen MR) is 75.0 cm³/mol. The molecule has 0 heterocycles. The van der Waals surface area contributed by atoms with E-state index in [2.05, 4.69) is 9.47 Å². The topological polar surface area (TPSA) is 125 Å². The number of aliphatic hydroxyl groups is 1. The summed E-state index contributed by atoms with van der Waals surface area (Å²) in [5, 5.41) is 9.45. The van der Waals surface area contributed by atoms with E-state index in [1.165, 1.54) is 0 Å². The first-order chi connectivity index (χ1) is 10.6. The molecule has 0 saturated carbocycles. The Kier molecular flexibility index (Phi) is 9.56. The number of ether oxygens (including phenoxy) is 4. The van der Waals surface area contributed by atoms with Gasteiger partial charge in [0.2, 0.25) is 0 Å². The van der Waals surface area contributed by atoms with E-state index in [1.54, 1.807) is 27.7 Å². The number of carbonyl (C=O) groups is 4. The van der Waals surface area contributed by atoms with Crippen LogP contribution in [0.2, 0.25) is 0 Å². The maximum absolute atomic E-state index is 11.4. The molecule has 9 heteroatoms. The van der Waals surface area contributed by atoms with Crippen molar-refractivity contribution in [3.8, 4) is 0 Å². The molecular formula is C14H22O9. The van der Waals surface area contributed by atoms with Crippen LogP contribution in [-0.2, 0) is 38.1 Å². The lowest BCUT2D eigenvalue weighted by molar-refractivity contribution is -0.169. The standard InChI is InChI=1S/C14H22O9/c1-8(2)22-12(17)6-20-11(16)5-10(15)14(19)21-7-13(18)23-9(3)4/h8-10,15H,5-7H2,1-4H3. The predicted octanol–water partition coefficient (Wildman–Crippen LogP) is -0.273. The molecule has 0 bridgehead atoms. The van der Waals surface area contributed by atoms with Gasteiger partial charge in [0, 0.05) is 0 Å². The van der Waals surface area contributed by atoms with Crippen molar-refractivity contribution in [2.24, 2.45) is 0 Å². The van der Waals surface area contributed by atoms with Gasteiger partial charge in [0.15, 0.2) is 19.3 Å². The molecule has 0 aromatic rings. The number of esters is 4. The van der Waals surface area contributed by atoms with E-state index in [9.17, 15) is 24.3 Å². The highest BCUT2D eigenvalue weighted by molar-refractivity contribution is 5.84. The second-order valence-corrected chi connectivity index (χ2v) is 5.07. The molecule has 1 unspecified atom stereocenters. The van der Waals surface area contributed by atoms with Crippen LogP contribution in [0.3, 0.4) is 0 Å². The molecule has 0 spiro atoms. The molecular weight excluding hydrogens is 312 g/mol. The van der Waals surface area contributed by atoms with Crippen LogP contribution >= 0.6 is 0 Å². The first-order valence-electron chi connectivity index (χ1n) is 7.01. The first-order valence-corrected chi connectivity index (χ1v) is 7.01. The van der Waals surface area contributed by atoms with Gasteiger partial charge in [0.05, 0.1) is 18.6 Å². The van der Waals surface area contributed by atoms with Gasteiger partial charge in [-0.15, -0.1) is 0 Å². The fourth-order valence-electron chi connectivity index (χ4n) is 1.26. The van der Waals surface area contributed by atoms with Crippen molar-refractivity contribution in [1.82, 2.24) is 0 Å². The van der Waals surface area contributed by atoms with E-state index in [1.807, 2.05) is 0 Å². The lowest BCUT2D eigenvalue weighted by Crippen LogP contribution is -2.30. The zero-order chi connectivity index (χ0) is 18.0. The van der Waals surface area contributed by atoms with Gasteiger partial charge in [-0.25, -0.2) is 14.4 Å². The third kappa shape index (κ3) is 11.1. The first kappa shape index (κ1) is 20.8. The third-order valence-electron chi connectivity index (χ3n) is 2.05. The Morgan fingerprint density at radius 2 is 1.22 bits per heavy atom. The van der Waals surface area contributed by atoms with Gasteiger partial charge in [-0.3, -0.25) is 4.79 Å². The maximum atomic E-state index is 11.4. The van der Waals surface area contributed by atoms with Crippen molar-refractivity contribution in [3.63, 3.8) is 0 Å². The smallest absolute Gasteiger partial charge is 0.344 e. The van der Waals surface area contributed by atoms with Gasteiger partial charge in [0.25, 0.3) is 0 Å². The van der Waals surface area contributed by atoms with Gasteiger partial charge in [-0.05, 0) is 27.7 Å². The summed E-state index contributed by atoms with van der Waals surface area (Å²) in [5.41, 5.74) is 0. The van der Waals surface area contributed by atoms with Crippen molar-refractivity contribution in [2.45, 2.75) is 52.4 Å². The van der Waals surface area contributed by atoms with Gasteiger partial charge in [-0.2, -0.15) is 0 Å². The normalized spacial score (nSPS) is 11.8. The Morgan fingerprint density at radius 1 is 0.783 bits per heavy atom. The molecule has 0 aliphatic carbocycles. The van der Waals surface area contributed by atoms with Crippen LogP contribution in [0, 0.1) is 0 Å². The van der Waals surface area contributed by atoms with E-state index in [0.717, 1.165) is 0 Å². The molecule has 0 radical (unpaired) electrons.